The van der Waals surface area contributed by atoms with Crippen molar-refractivity contribution in [2.75, 3.05) is 6.54 Å². The molecule has 1 rings (SSSR count). The molecule has 0 aliphatic heterocycles. The van der Waals surface area contributed by atoms with E-state index in [1.54, 1.807) is 6.20 Å². The van der Waals surface area contributed by atoms with Crippen LogP contribution in [0.15, 0.2) is 30.5 Å². The van der Waals surface area contributed by atoms with Gasteiger partial charge in [0.25, 0.3) is 0 Å². The lowest BCUT2D eigenvalue weighted by Crippen LogP contribution is -2.14. The molecule has 0 spiro atoms. The Hall–Kier alpha value is -0.860. The molecule has 0 saturated heterocycles. The van der Waals surface area contributed by atoms with Gasteiger partial charge < -0.3 is 5.32 Å². The molecule has 1 heterocycles. The summed E-state index contributed by atoms with van der Waals surface area (Å²) in [5.74, 6) is 0. The van der Waals surface area contributed by atoms with Crippen LogP contribution in [0, 0.1) is 0 Å². The molecule has 1 aromatic rings. The predicted molar refractivity (Wildman–Crippen MR) is 60.4 cm³/mol. The van der Waals surface area contributed by atoms with Crippen LogP contribution < -0.4 is 5.32 Å². The number of pyridine rings is 1. The highest BCUT2D eigenvalue weighted by Crippen LogP contribution is 2.10. The maximum Gasteiger partial charge on any atom is 0.133 e. The first-order chi connectivity index (χ1) is 6.84. The molecule has 3 heteroatoms. The minimum atomic E-state index is 0.589. The summed E-state index contributed by atoms with van der Waals surface area (Å²) in [5.41, 5.74) is 1.05. The third-order valence-corrected chi connectivity index (χ3v) is 2.22. The minimum absolute atomic E-state index is 0.589. The first kappa shape index (κ1) is 11.2. The van der Waals surface area contributed by atoms with Gasteiger partial charge in [0, 0.05) is 18.3 Å². The van der Waals surface area contributed by atoms with Crippen LogP contribution >= 0.6 is 11.6 Å². The number of aromatic nitrogens is 1. The number of rotatable bonds is 5. The molecule has 0 aromatic carbocycles. The second kappa shape index (κ2) is 6.57. The number of halogens is 1. The van der Waals surface area contributed by atoms with Crippen molar-refractivity contribution in [3.8, 4) is 0 Å². The van der Waals surface area contributed by atoms with Gasteiger partial charge in [-0.2, -0.15) is 0 Å². The standard InChI is InChI=1S/C11H15ClN2/c1-2-3-4-7-13-9-10-6-5-8-14-11(10)12/h2-3,5-6,8,13H,4,7,9H2,1H3/b3-2+. The summed E-state index contributed by atoms with van der Waals surface area (Å²) in [6.45, 7) is 3.78. The molecule has 0 bridgehead atoms. The topological polar surface area (TPSA) is 24.9 Å². The first-order valence-corrected chi connectivity index (χ1v) is 5.13. The number of nitrogens with one attached hydrogen (secondary N) is 1. The maximum absolute atomic E-state index is 5.90. The van der Waals surface area contributed by atoms with Gasteiger partial charge in [-0.15, -0.1) is 0 Å². The van der Waals surface area contributed by atoms with Crippen LogP contribution in [-0.2, 0) is 6.54 Å². The van der Waals surface area contributed by atoms with Crippen LogP contribution in [0.25, 0.3) is 0 Å². The molecule has 0 radical (unpaired) electrons. The Morgan fingerprint density at radius 2 is 2.43 bits per heavy atom. The van der Waals surface area contributed by atoms with Crippen molar-refractivity contribution in [2.24, 2.45) is 0 Å². The van der Waals surface area contributed by atoms with Gasteiger partial charge in [0.05, 0.1) is 0 Å². The lowest BCUT2D eigenvalue weighted by Gasteiger charge is -2.03. The van der Waals surface area contributed by atoms with E-state index in [1.807, 2.05) is 19.1 Å². The van der Waals surface area contributed by atoms with Crippen molar-refractivity contribution in [3.05, 3.63) is 41.2 Å². The average molecular weight is 211 g/mol. The first-order valence-electron chi connectivity index (χ1n) is 4.76. The highest BCUT2D eigenvalue weighted by molar-refractivity contribution is 6.30. The zero-order chi connectivity index (χ0) is 10.2. The summed E-state index contributed by atoms with van der Waals surface area (Å²) < 4.78 is 0. The molecule has 0 aliphatic rings. The monoisotopic (exact) mass is 210 g/mol. The lowest BCUT2D eigenvalue weighted by molar-refractivity contribution is 0.693. The van der Waals surface area contributed by atoms with Crippen LogP contribution in [0.1, 0.15) is 18.9 Å². The van der Waals surface area contributed by atoms with Crippen molar-refractivity contribution >= 4 is 11.6 Å². The Balaban J connectivity index is 2.28. The van der Waals surface area contributed by atoms with Crippen molar-refractivity contribution in [1.82, 2.24) is 10.3 Å². The molecule has 0 fully saturated rings. The predicted octanol–water partition coefficient (Wildman–Crippen LogP) is 2.79. The van der Waals surface area contributed by atoms with E-state index in [0.29, 0.717) is 5.15 Å². The highest BCUT2D eigenvalue weighted by Gasteiger charge is 1.97. The van der Waals surface area contributed by atoms with Gasteiger partial charge in [-0.05, 0) is 26.0 Å². The van der Waals surface area contributed by atoms with Crippen molar-refractivity contribution < 1.29 is 0 Å². The molecule has 1 aromatic heterocycles. The van der Waals surface area contributed by atoms with E-state index < -0.39 is 0 Å². The fourth-order valence-electron chi connectivity index (χ4n) is 1.13. The summed E-state index contributed by atoms with van der Waals surface area (Å²) in [6, 6.07) is 3.88. The average Bonchev–Trinajstić information content (AvgIpc) is 2.20. The molecule has 2 nitrogen and oxygen atoms in total. The van der Waals surface area contributed by atoms with E-state index in [2.05, 4.69) is 22.5 Å². The van der Waals surface area contributed by atoms with E-state index in [0.717, 1.165) is 25.1 Å². The van der Waals surface area contributed by atoms with E-state index in [4.69, 9.17) is 11.6 Å². The van der Waals surface area contributed by atoms with Gasteiger partial charge in [0.15, 0.2) is 0 Å². The number of nitrogens with zero attached hydrogens (tertiary/aromatic N) is 1. The van der Waals surface area contributed by atoms with Gasteiger partial charge in [-0.1, -0.05) is 29.8 Å². The van der Waals surface area contributed by atoms with E-state index >= 15 is 0 Å². The number of allylic oxidation sites excluding steroid dienone is 1. The summed E-state index contributed by atoms with van der Waals surface area (Å²) in [4.78, 5) is 4.01. The van der Waals surface area contributed by atoms with Gasteiger partial charge in [0.2, 0.25) is 0 Å². The number of hydrogen-bond donors (Lipinski definition) is 1. The molecular weight excluding hydrogens is 196 g/mol. The molecule has 0 amide bonds. The fourth-order valence-corrected chi connectivity index (χ4v) is 1.31. The second-order valence-corrected chi connectivity index (χ2v) is 3.35. The third kappa shape index (κ3) is 3.90. The van der Waals surface area contributed by atoms with Gasteiger partial charge in [-0.3, -0.25) is 0 Å². The zero-order valence-electron chi connectivity index (χ0n) is 8.33. The largest absolute Gasteiger partial charge is 0.312 e. The zero-order valence-corrected chi connectivity index (χ0v) is 9.09. The van der Waals surface area contributed by atoms with Gasteiger partial charge in [-0.25, -0.2) is 4.98 Å². The van der Waals surface area contributed by atoms with Crippen LogP contribution in [0.5, 0.6) is 0 Å². The van der Waals surface area contributed by atoms with Crippen molar-refractivity contribution in [1.29, 1.82) is 0 Å². The Labute approximate surface area is 90.0 Å². The Kier molecular flexibility index (Phi) is 5.27. The number of hydrogen-bond acceptors (Lipinski definition) is 2. The quantitative estimate of drug-likeness (QED) is 0.459. The van der Waals surface area contributed by atoms with Crippen LogP contribution in [0.4, 0.5) is 0 Å². The van der Waals surface area contributed by atoms with Crippen LogP contribution in [0.2, 0.25) is 5.15 Å². The second-order valence-electron chi connectivity index (χ2n) is 2.99. The molecule has 0 unspecified atom stereocenters. The Morgan fingerprint density at radius 3 is 3.14 bits per heavy atom. The Bertz CT molecular complexity index is 297. The molecule has 1 N–H and O–H groups in total. The molecular formula is C11H15ClN2. The van der Waals surface area contributed by atoms with Crippen molar-refractivity contribution in [3.63, 3.8) is 0 Å². The summed E-state index contributed by atoms with van der Waals surface area (Å²) >= 11 is 5.90. The summed E-state index contributed by atoms with van der Waals surface area (Å²) in [6.07, 6.45) is 6.94. The lowest BCUT2D eigenvalue weighted by atomic mass is 10.3. The minimum Gasteiger partial charge on any atom is -0.312 e. The normalized spacial score (nSPS) is 11.0. The molecule has 0 saturated carbocycles. The van der Waals surface area contributed by atoms with E-state index in [-0.39, 0.29) is 0 Å². The molecule has 76 valence electrons. The van der Waals surface area contributed by atoms with Crippen molar-refractivity contribution in [2.45, 2.75) is 19.9 Å². The Morgan fingerprint density at radius 1 is 1.57 bits per heavy atom. The van der Waals surface area contributed by atoms with Gasteiger partial charge >= 0.3 is 0 Å². The molecule has 14 heavy (non-hydrogen) atoms. The van der Waals surface area contributed by atoms with E-state index in [9.17, 15) is 0 Å². The van der Waals surface area contributed by atoms with Crippen LogP contribution in [-0.4, -0.2) is 11.5 Å². The SMILES string of the molecule is C/C=C/CCNCc1cccnc1Cl. The highest BCUT2D eigenvalue weighted by atomic mass is 35.5. The van der Waals surface area contributed by atoms with Crippen LogP contribution in [0.3, 0.4) is 0 Å². The van der Waals surface area contributed by atoms with E-state index in [1.165, 1.54) is 0 Å². The fraction of sp³-hybridized carbons (Fsp3) is 0.364. The molecule has 0 aliphatic carbocycles. The third-order valence-electron chi connectivity index (χ3n) is 1.88. The smallest absolute Gasteiger partial charge is 0.133 e. The van der Waals surface area contributed by atoms with Gasteiger partial charge in [0.1, 0.15) is 5.15 Å². The summed E-state index contributed by atoms with van der Waals surface area (Å²) in [7, 11) is 0. The molecule has 0 atom stereocenters. The summed E-state index contributed by atoms with van der Waals surface area (Å²) in [5, 5.41) is 3.89. The maximum atomic E-state index is 5.90.